The number of rotatable bonds is 3. The van der Waals surface area contributed by atoms with Crippen LogP contribution in [0.5, 0.6) is 0 Å². The van der Waals surface area contributed by atoms with E-state index in [-0.39, 0.29) is 5.56 Å². The van der Waals surface area contributed by atoms with Crippen molar-refractivity contribution in [3.8, 4) is 11.5 Å². The largest absolute Gasteiger partial charge is 0.463 e. The molecule has 4 rings (SSSR count). The van der Waals surface area contributed by atoms with Gasteiger partial charge in [0.1, 0.15) is 11.5 Å². The van der Waals surface area contributed by atoms with Crippen LogP contribution in [-0.2, 0) is 0 Å². The third-order valence-corrected chi connectivity index (χ3v) is 3.99. The molecule has 4 nitrogen and oxygen atoms in total. The molecule has 1 N–H and O–H groups in total. The first-order valence-electron chi connectivity index (χ1n) is 7.92. The van der Waals surface area contributed by atoms with Crippen LogP contribution in [0.4, 0.5) is 18.9 Å². The summed E-state index contributed by atoms with van der Waals surface area (Å²) in [6, 6.07) is 12.7. The second kappa shape index (κ2) is 6.60. The van der Waals surface area contributed by atoms with Gasteiger partial charge >= 0.3 is 0 Å². The van der Waals surface area contributed by atoms with Gasteiger partial charge in [-0.05, 0) is 24.3 Å². The zero-order chi connectivity index (χ0) is 19.0. The average molecular weight is 368 g/mol. The normalized spacial score (nSPS) is 10.9. The fourth-order valence-electron chi connectivity index (χ4n) is 2.72. The zero-order valence-electron chi connectivity index (χ0n) is 13.7. The van der Waals surface area contributed by atoms with Gasteiger partial charge in [-0.25, -0.2) is 18.2 Å². The lowest BCUT2D eigenvalue weighted by Gasteiger charge is -2.10. The number of anilines is 1. The molecule has 2 heterocycles. The highest BCUT2D eigenvalue weighted by molar-refractivity contribution is 6.13. The van der Waals surface area contributed by atoms with E-state index >= 15 is 0 Å². The highest BCUT2D eigenvalue weighted by Crippen LogP contribution is 2.26. The van der Waals surface area contributed by atoms with E-state index in [1.54, 1.807) is 36.4 Å². The Balaban J connectivity index is 1.80. The van der Waals surface area contributed by atoms with Crippen LogP contribution in [0.25, 0.3) is 22.4 Å². The van der Waals surface area contributed by atoms with Crippen LogP contribution < -0.4 is 5.32 Å². The third-order valence-electron chi connectivity index (χ3n) is 3.99. The van der Waals surface area contributed by atoms with Crippen molar-refractivity contribution in [2.75, 3.05) is 5.32 Å². The van der Waals surface area contributed by atoms with E-state index in [0.717, 1.165) is 0 Å². The molecule has 0 fully saturated rings. The number of pyridine rings is 1. The van der Waals surface area contributed by atoms with Gasteiger partial charge in [-0.3, -0.25) is 4.79 Å². The van der Waals surface area contributed by atoms with Gasteiger partial charge in [0.25, 0.3) is 5.91 Å². The highest BCUT2D eigenvalue weighted by atomic mass is 19.2. The van der Waals surface area contributed by atoms with E-state index in [2.05, 4.69) is 10.3 Å². The molecule has 0 atom stereocenters. The van der Waals surface area contributed by atoms with E-state index in [4.69, 9.17) is 4.42 Å². The summed E-state index contributed by atoms with van der Waals surface area (Å²) in [4.78, 5) is 17.2. The Hall–Kier alpha value is -3.61. The first-order valence-corrected chi connectivity index (χ1v) is 7.92. The molecule has 4 aromatic rings. The van der Waals surface area contributed by atoms with Crippen LogP contribution in [-0.4, -0.2) is 10.9 Å². The first kappa shape index (κ1) is 16.8. The second-order valence-corrected chi connectivity index (χ2v) is 5.75. The summed E-state index contributed by atoms with van der Waals surface area (Å²) in [5, 5.41) is 2.80. The Morgan fingerprint density at radius 3 is 2.48 bits per heavy atom. The summed E-state index contributed by atoms with van der Waals surface area (Å²) < 4.78 is 45.7. The number of carbonyl (C=O) groups excluding carboxylic acids is 1. The lowest BCUT2D eigenvalue weighted by Crippen LogP contribution is -2.14. The molecule has 134 valence electrons. The quantitative estimate of drug-likeness (QED) is 0.508. The van der Waals surface area contributed by atoms with Gasteiger partial charge in [0, 0.05) is 17.5 Å². The summed E-state index contributed by atoms with van der Waals surface area (Å²) >= 11 is 0. The van der Waals surface area contributed by atoms with Gasteiger partial charge in [-0.15, -0.1) is 0 Å². The van der Waals surface area contributed by atoms with Gasteiger partial charge in [0.15, 0.2) is 17.4 Å². The van der Waals surface area contributed by atoms with Gasteiger partial charge < -0.3 is 9.73 Å². The predicted octanol–water partition coefficient (Wildman–Crippen LogP) is 5.16. The zero-order valence-corrected chi connectivity index (χ0v) is 13.7. The van der Waals surface area contributed by atoms with Gasteiger partial charge in [-0.2, -0.15) is 0 Å². The van der Waals surface area contributed by atoms with Crippen LogP contribution >= 0.6 is 0 Å². The van der Waals surface area contributed by atoms with Crippen LogP contribution in [0.2, 0.25) is 0 Å². The number of hydrogen-bond acceptors (Lipinski definition) is 3. The number of benzene rings is 2. The predicted molar refractivity (Wildman–Crippen MR) is 93.7 cm³/mol. The third kappa shape index (κ3) is 3.15. The van der Waals surface area contributed by atoms with E-state index in [1.807, 2.05) is 0 Å². The van der Waals surface area contributed by atoms with Crippen LogP contribution in [0, 0.1) is 17.5 Å². The number of carbonyl (C=O) groups is 1. The maximum Gasteiger partial charge on any atom is 0.256 e. The molecule has 0 aliphatic rings. The van der Waals surface area contributed by atoms with Gasteiger partial charge in [0.2, 0.25) is 0 Å². The number of hydrogen-bond donors (Lipinski definition) is 1. The molecule has 7 heteroatoms. The van der Waals surface area contributed by atoms with E-state index in [9.17, 15) is 18.0 Å². The fourth-order valence-corrected chi connectivity index (χ4v) is 2.72. The van der Waals surface area contributed by atoms with Crippen molar-refractivity contribution in [1.29, 1.82) is 0 Å². The number of furan rings is 1. The molecule has 2 aromatic heterocycles. The number of nitrogens with one attached hydrogen (secondary N) is 1. The Morgan fingerprint density at radius 1 is 0.926 bits per heavy atom. The van der Waals surface area contributed by atoms with Crippen molar-refractivity contribution < 1.29 is 22.4 Å². The molecule has 0 aliphatic carbocycles. The summed E-state index contributed by atoms with van der Waals surface area (Å²) in [6.07, 6.45) is 1.47. The molecular formula is C20H11F3N2O2. The minimum absolute atomic E-state index is 0.191. The molecule has 0 unspecified atom stereocenters. The summed E-state index contributed by atoms with van der Waals surface area (Å²) in [6.45, 7) is 0. The summed E-state index contributed by atoms with van der Waals surface area (Å²) in [7, 11) is 0. The number of nitrogens with zero attached hydrogens (tertiary/aromatic N) is 1. The SMILES string of the molecule is O=C(Nc1cc(F)c(F)cc1F)c1cc(-c2ccco2)nc2ccccc12. The number of para-hydroxylation sites is 1. The topological polar surface area (TPSA) is 55.1 Å². The standard InChI is InChI=1S/C20H11F3N2O2/c21-13-9-15(23)17(10-14(13)22)25-20(26)12-8-18(19-6-3-7-27-19)24-16-5-2-1-4-11(12)16/h1-10H,(H,25,26). The smallest absolute Gasteiger partial charge is 0.256 e. The number of fused-ring (bicyclic) bond motifs is 1. The highest BCUT2D eigenvalue weighted by Gasteiger charge is 2.18. The molecule has 0 saturated heterocycles. The summed E-state index contributed by atoms with van der Waals surface area (Å²) in [5.74, 6) is -3.91. The van der Waals surface area contributed by atoms with Crippen LogP contribution in [0.3, 0.4) is 0 Å². The van der Waals surface area contributed by atoms with Crippen molar-refractivity contribution in [1.82, 2.24) is 4.98 Å². The van der Waals surface area contributed by atoms with Crippen molar-refractivity contribution >= 4 is 22.5 Å². The van der Waals surface area contributed by atoms with Gasteiger partial charge in [-0.1, -0.05) is 18.2 Å². The minimum atomic E-state index is -1.33. The Morgan fingerprint density at radius 2 is 1.70 bits per heavy atom. The Labute approximate surface area is 151 Å². The van der Waals surface area contributed by atoms with Crippen molar-refractivity contribution in [3.05, 3.63) is 83.9 Å². The van der Waals surface area contributed by atoms with E-state index < -0.39 is 29.0 Å². The number of amides is 1. The molecule has 0 spiro atoms. The molecule has 0 radical (unpaired) electrons. The van der Waals surface area contributed by atoms with Crippen molar-refractivity contribution in [2.24, 2.45) is 0 Å². The molecule has 0 aliphatic heterocycles. The molecule has 0 saturated carbocycles. The summed E-state index contributed by atoms with van der Waals surface area (Å²) in [5.41, 5.74) is 0.674. The molecule has 1 amide bonds. The Kier molecular flexibility index (Phi) is 4.12. The lowest BCUT2D eigenvalue weighted by molar-refractivity contribution is 0.102. The Bertz CT molecular complexity index is 1160. The fraction of sp³-hybridized carbons (Fsp3) is 0. The molecule has 2 aromatic carbocycles. The maximum absolute atomic E-state index is 13.9. The first-order chi connectivity index (χ1) is 13.0. The molecule has 27 heavy (non-hydrogen) atoms. The monoisotopic (exact) mass is 368 g/mol. The molecule has 0 bridgehead atoms. The van der Waals surface area contributed by atoms with E-state index in [1.165, 1.54) is 12.3 Å². The molecular weight excluding hydrogens is 357 g/mol. The van der Waals surface area contributed by atoms with Crippen molar-refractivity contribution in [3.63, 3.8) is 0 Å². The maximum atomic E-state index is 13.9. The number of aromatic nitrogens is 1. The minimum Gasteiger partial charge on any atom is -0.463 e. The average Bonchev–Trinajstić information content (AvgIpc) is 3.20. The lowest BCUT2D eigenvalue weighted by atomic mass is 10.1. The van der Waals surface area contributed by atoms with Crippen LogP contribution in [0.1, 0.15) is 10.4 Å². The second-order valence-electron chi connectivity index (χ2n) is 5.75. The van der Waals surface area contributed by atoms with E-state index in [0.29, 0.717) is 34.5 Å². The van der Waals surface area contributed by atoms with Crippen LogP contribution in [0.15, 0.2) is 65.3 Å². The van der Waals surface area contributed by atoms with Gasteiger partial charge in [0.05, 0.1) is 23.0 Å². The van der Waals surface area contributed by atoms with Crippen molar-refractivity contribution in [2.45, 2.75) is 0 Å². The number of halogens is 3.